The van der Waals surface area contributed by atoms with Crippen molar-refractivity contribution in [3.05, 3.63) is 48.5 Å². The van der Waals surface area contributed by atoms with Crippen LogP contribution in [0.2, 0.25) is 0 Å². The summed E-state index contributed by atoms with van der Waals surface area (Å²) in [6, 6.07) is 10.1. The van der Waals surface area contributed by atoms with Crippen molar-refractivity contribution in [2.45, 2.75) is 18.8 Å². The standard InChI is InChI=1S/C16H17N5O2/c17-15-14-16(19-9-18-15)21(10-20-14)12-7-22-8-13(12)23-6-11-4-2-1-3-5-11/h1-5,9-10,12-13H,6-8H2,(H2,17,18,19)/t12-,13-/m0/s1. The van der Waals surface area contributed by atoms with E-state index in [0.29, 0.717) is 36.8 Å². The van der Waals surface area contributed by atoms with Crippen molar-refractivity contribution < 1.29 is 9.47 Å². The van der Waals surface area contributed by atoms with Crippen molar-refractivity contribution in [2.24, 2.45) is 0 Å². The van der Waals surface area contributed by atoms with Crippen molar-refractivity contribution in [1.82, 2.24) is 19.5 Å². The minimum atomic E-state index is -0.0520. The molecule has 3 heterocycles. The van der Waals surface area contributed by atoms with Crippen LogP contribution in [0.4, 0.5) is 5.82 Å². The van der Waals surface area contributed by atoms with Crippen LogP contribution in [0.15, 0.2) is 43.0 Å². The van der Waals surface area contributed by atoms with Crippen LogP contribution in [-0.2, 0) is 16.1 Å². The molecule has 1 aliphatic heterocycles. The van der Waals surface area contributed by atoms with Crippen LogP contribution in [0, 0.1) is 0 Å². The summed E-state index contributed by atoms with van der Waals surface area (Å²) in [7, 11) is 0. The van der Waals surface area contributed by atoms with Gasteiger partial charge in [-0.15, -0.1) is 0 Å². The van der Waals surface area contributed by atoms with Crippen LogP contribution in [0.25, 0.3) is 11.2 Å². The van der Waals surface area contributed by atoms with Crippen LogP contribution in [0.3, 0.4) is 0 Å². The summed E-state index contributed by atoms with van der Waals surface area (Å²) in [5, 5.41) is 0. The zero-order chi connectivity index (χ0) is 15.6. The highest BCUT2D eigenvalue weighted by molar-refractivity contribution is 5.81. The molecule has 0 aliphatic carbocycles. The molecule has 0 spiro atoms. The number of nitrogens with zero attached hydrogens (tertiary/aromatic N) is 4. The molecule has 2 atom stereocenters. The average Bonchev–Trinajstić information content (AvgIpc) is 3.20. The van der Waals surface area contributed by atoms with Crippen LogP contribution < -0.4 is 5.73 Å². The van der Waals surface area contributed by atoms with Gasteiger partial charge in [0, 0.05) is 0 Å². The van der Waals surface area contributed by atoms with Gasteiger partial charge in [-0.1, -0.05) is 30.3 Å². The van der Waals surface area contributed by atoms with Gasteiger partial charge in [-0.05, 0) is 5.56 Å². The number of rotatable bonds is 4. The largest absolute Gasteiger partial charge is 0.382 e. The fourth-order valence-corrected chi connectivity index (χ4v) is 2.83. The predicted molar refractivity (Wildman–Crippen MR) is 84.6 cm³/mol. The van der Waals surface area contributed by atoms with Crippen LogP contribution in [0.1, 0.15) is 11.6 Å². The van der Waals surface area contributed by atoms with Gasteiger partial charge in [-0.2, -0.15) is 0 Å². The van der Waals surface area contributed by atoms with Crippen molar-refractivity contribution >= 4 is 17.0 Å². The Bertz CT molecular complexity index is 805. The topological polar surface area (TPSA) is 88.1 Å². The summed E-state index contributed by atoms with van der Waals surface area (Å²) in [5.41, 5.74) is 8.31. The molecule has 1 aliphatic rings. The zero-order valence-corrected chi connectivity index (χ0v) is 12.5. The van der Waals surface area contributed by atoms with Gasteiger partial charge < -0.3 is 19.8 Å². The number of ether oxygens (including phenoxy) is 2. The summed E-state index contributed by atoms with van der Waals surface area (Å²) in [6.45, 7) is 1.67. The normalized spacial score (nSPS) is 21.0. The third kappa shape index (κ3) is 2.64. The highest BCUT2D eigenvalue weighted by Gasteiger charge is 2.32. The molecule has 23 heavy (non-hydrogen) atoms. The highest BCUT2D eigenvalue weighted by atomic mass is 16.5. The van der Waals surface area contributed by atoms with E-state index in [1.165, 1.54) is 6.33 Å². The third-order valence-corrected chi connectivity index (χ3v) is 4.05. The average molecular weight is 311 g/mol. The van der Waals surface area contributed by atoms with E-state index in [1.807, 2.05) is 34.9 Å². The second kappa shape index (κ2) is 5.94. The summed E-state index contributed by atoms with van der Waals surface area (Å²) in [5.74, 6) is 0.384. The molecule has 1 saturated heterocycles. The molecule has 0 amide bonds. The van der Waals surface area contributed by atoms with E-state index in [1.54, 1.807) is 6.33 Å². The first-order chi connectivity index (χ1) is 11.3. The molecule has 0 bridgehead atoms. The van der Waals surface area contributed by atoms with E-state index in [2.05, 4.69) is 15.0 Å². The fraction of sp³-hybridized carbons (Fsp3) is 0.312. The highest BCUT2D eigenvalue weighted by Crippen LogP contribution is 2.27. The van der Waals surface area contributed by atoms with Crippen molar-refractivity contribution in [2.75, 3.05) is 18.9 Å². The maximum Gasteiger partial charge on any atom is 0.165 e. The second-order valence-electron chi connectivity index (χ2n) is 5.52. The molecule has 1 aromatic carbocycles. The lowest BCUT2D eigenvalue weighted by atomic mass is 10.2. The Kier molecular flexibility index (Phi) is 3.64. The number of imidazole rings is 1. The second-order valence-corrected chi connectivity index (χ2v) is 5.52. The number of fused-ring (bicyclic) bond motifs is 1. The zero-order valence-electron chi connectivity index (χ0n) is 12.5. The van der Waals surface area contributed by atoms with Gasteiger partial charge in [-0.3, -0.25) is 0 Å². The minimum Gasteiger partial charge on any atom is -0.382 e. The Morgan fingerprint density at radius 2 is 2.04 bits per heavy atom. The van der Waals surface area contributed by atoms with Gasteiger partial charge in [0.25, 0.3) is 0 Å². The number of hydrogen-bond donors (Lipinski definition) is 1. The Labute approximate surface area is 133 Å². The molecule has 7 heteroatoms. The first-order valence-electron chi connectivity index (χ1n) is 7.49. The number of anilines is 1. The molecule has 0 saturated carbocycles. The number of hydrogen-bond acceptors (Lipinski definition) is 6. The Morgan fingerprint density at radius 1 is 1.17 bits per heavy atom. The molecular formula is C16H17N5O2. The first-order valence-corrected chi connectivity index (χ1v) is 7.49. The molecule has 2 N–H and O–H groups in total. The molecule has 2 aromatic heterocycles. The quantitative estimate of drug-likeness (QED) is 0.787. The summed E-state index contributed by atoms with van der Waals surface area (Å²) in [6.07, 6.45) is 3.13. The smallest absolute Gasteiger partial charge is 0.165 e. The molecule has 4 rings (SSSR count). The van der Waals surface area contributed by atoms with Crippen LogP contribution in [0.5, 0.6) is 0 Å². The Morgan fingerprint density at radius 3 is 2.91 bits per heavy atom. The number of benzene rings is 1. The van der Waals surface area contributed by atoms with Gasteiger partial charge in [-0.25, -0.2) is 15.0 Å². The van der Waals surface area contributed by atoms with E-state index in [9.17, 15) is 0 Å². The van der Waals surface area contributed by atoms with Crippen LogP contribution in [-0.4, -0.2) is 38.8 Å². The Balaban J connectivity index is 1.56. The molecule has 7 nitrogen and oxygen atoms in total. The van der Waals surface area contributed by atoms with E-state index < -0.39 is 0 Å². The SMILES string of the molecule is Nc1ncnc2c1ncn2[C@H]1COC[C@@H]1OCc1ccccc1. The fourth-order valence-electron chi connectivity index (χ4n) is 2.83. The van der Waals surface area contributed by atoms with E-state index >= 15 is 0 Å². The molecular weight excluding hydrogens is 294 g/mol. The molecule has 3 aromatic rings. The van der Waals surface area contributed by atoms with E-state index in [-0.39, 0.29) is 12.1 Å². The van der Waals surface area contributed by atoms with Gasteiger partial charge in [0.15, 0.2) is 11.5 Å². The van der Waals surface area contributed by atoms with Crippen molar-refractivity contribution in [1.29, 1.82) is 0 Å². The van der Waals surface area contributed by atoms with E-state index in [4.69, 9.17) is 15.2 Å². The van der Waals surface area contributed by atoms with E-state index in [0.717, 1.165) is 5.56 Å². The monoisotopic (exact) mass is 311 g/mol. The number of nitrogen functional groups attached to an aromatic ring is 1. The lowest BCUT2D eigenvalue weighted by Crippen LogP contribution is -2.25. The molecule has 0 unspecified atom stereocenters. The predicted octanol–water partition coefficient (Wildman–Crippen LogP) is 1.57. The summed E-state index contributed by atoms with van der Waals surface area (Å²) < 4.78 is 13.6. The summed E-state index contributed by atoms with van der Waals surface area (Å²) >= 11 is 0. The molecule has 1 fully saturated rings. The van der Waals surface area contributed by atoms with Gasteiger partial charge >= 0.3 is 0 Å². The molecule has 118 valence electrons. The summed E-state index contributed by atoms with van der Waals surface area (Å²) in [4.78, 5) is 12.6. The van der Waals surface area contributed by atoms with Gasteiger partial charge in [0.05, 0.1) is 32.2 Å². The number of aromatic nitrogens is 4. The number of nitrogens with two attached hydrogens (primary N) is 1. The first kappa shape index (κ1) is 14.1. The lowest BCUT2D eigenvalue weighted by molar-refractivity contribution is 0.0174. The minimum absolute atomic E-state index is 0.0259. The van der Waals surface area contributed by atoms with Crippen molar-refractivity contribution in [3.63, 3.8) is 0 Å². The maximum atomic E-state index is 6.06. The van der Waals surface area contributed by atoms with Gasteiger partial charge in [0.2, 0.25) is 0 Å². The van der Waals surface area contributed by atoms with Crippen LogP contribution >= 0.6 is 0 Å². The van der Waals surface area contributed by atoms with Gasteiger partial charge in [0.1, 0.15) is 17.9 Å². The maximum absolute atomic E-state index is 6.06. The molecule has 0 radical (unpaired) electrons. The Hall–Kier alpha value is -2.51. The lowest BCUT2D eigenvalue weighted by Gasteiger charge is -2.20. The van der Waals surface area contributed by atoms with Crippen molar-refractivity contribution in [3.8, 4) is 0 Å². The third-order valence-electron chi connectivity index (χ3n) is 4.05.